The van der Waals surface area contributed by atoms with Gasteiger partial charge in [0, 0.05) is 19.2 Å². The van der Waals surface area contributed by atoms with Gasteiger partial charge in [-0.25, -0.2) is 0 Å². The van der Waals surface area contributed by atoms with Gasteiger partial charge in [0.2, 0.25) is 5.91 Å². The van der Waals surface area contributed by atoms with E-state index in [0.717, 1.165) is 17.0 Å². The largest absolute Gasteiger partial charge is 0.463 e. The van der Waals surface area contributed by atoms with Crippen LogP contribution in [0.1, 0.15) is 25.8 Å². The van der Waals surface area contributed by atoms with Gasteiger partial charge in [0.15, 0.2) is 5.76 Å². The monoisotopic (exact) mass is 258 g/mol. The third-order valence-electron chi connectivity index (χ3n) is 2.68. The predicted molar refractivity (Wildman–Crippen MR) is 73.2 cm³/mol. The van der Waals surface area contributed by atoms with Gasteiger partial charge in [0.05, 0.1) is 6.26 Å². The highest BCUT2D eigenvalue weighted by Gasteiger charge is 2.06. The number of furan rings is 1. The number of carbonyl (C=O) groups is 1. The van der Waals surface area contributed by atoms with Gasteiger partial charge in [-0.1, -0.05) is 13.8 Å². The number of carbonyl (C=O) groups excluding carboxylic acids is 1. The van der Waals surface area contributed by atoms with E-state index in [9.17, 15) is 4.79 Å². The first-order chi connectivity index (χ1) is 9.15. The van der Waals surface area contributed by atoms with Crippen molar-refractivity contribution in [3.8, 4) is 11.5 Å². The van der Waals surface area contributed by atoms with E-state index in [1.54, 1.807) is 12.5 Å². The summed E-state index contributed by atoms with van der Waals surface area (Å²) in [7, 11) is 0. The molecule has 2 aromatic heterocycles. The summed E-state index contributed by atoms with van der Waals surface area (Å²) < 4.78 is 5.30. The fourth-order valence-corrected chi connectivity index (χ4v) is 1.79. The molecule has 4 nitrogen and oxygen atoms in total. The van der Waals surface area contributed by atoms with Crippen molar-refractivity contribution in [1.82, 2.24) is 10.3 Å². The van der Waals surface area contributed by atoms with Crippen molar-refractivity contribution in [2.45, 2.75) is 26.8 Å². The summed E-state index contributed by atoms with van der Waals surface area (Å²) in [6, 6.07) is 7.51. The van der Waals surface area contributed by atoms with Crippen molar-refractivity contribution in [2.75, 3.05) is 0 Å². The molecule has 0 spiro atoms. The van der Waals surface area contributed by atoms with Crippen LogP contribution in [0.3, 0.4) is 0 Å². The Labute approximate surface area is 112 Å². The topological polar surface area (TPSA) is 55.1 Å². The maximum absolute atomic E-state index is 11.6. The van der Waals surface area contributed by atoms with E-state index in [-0.39, 0.29) is 5.91 Å². The molecule has 4 heteroatoms. The SMILES string of the molecule is CC(C)CC(=O)NCc1ccnc(-c2ccco2)c1. The third kappa shape index (κ3) is 3.95. The van der Waals surface area contributed by atoms with Crippen molar-refractivity contribution in [2.24, 2.45) is 5.92 Å². The minimum absolute atomic E-state index is 0.0753. The summed E-state index contributed by atoms with van der Waals surface area (Å²) in [5, 5.41) is 2.91. The second-order valence-electron chi connectivity index (χ2n) is 4.90. The van der Waals surface area contributed by atoms with Gasteiger partial charge in [-0.3, -0.25) is 9.78 Å². The van der Waals surface area contributed by atoms with Crippen LogP contribution in [-0.4, -0.2) is 10.9 Å². The van der Waals surface area contributed by atoms with Crippen LogP contribution < -0.4 is 5.32 Å². The lowest BCUT2D eigenvalue weighted by atomic mass is 10.1. The van der Waals surface area contributed by atoms with E-state index in [1.165, 1.54) is 0 Å². The fraction of sp³-hybridized carbons (Fsp3) is 0.333. The summed E-state index contributed by atoms with van der Waals surface area (Å²) in [5.74, 6) is 1.18. The van der Waals surface area contributed by atoms with E-state index in [0.29, 0.717) is 18.9 Å². The van der Waals surface area contributed by atoms with Gasteiger partial charge in [-0.2, -0.15) is 0 Å². The number of pyridine rings is 1. The lowest BCUT2D eigenvalue weighted by Crippen LogP contribution is -2.23. The van der Waals surface area contributed by atoms with Crippen LogP contribution in [0.5, 0.6) is 0 Å². The molecule has 2 rings (SSSR count). The molecule has 1 N–H and O–H groups in total. The predicted octanol–water partition coefficient (Wildman–Crippen LogP) is 3.00. The van der Waals surface area contributed by atoms with Gasteiger partial charge < -0.3 is 9.73 Å². The van der Waals surface area contributed by atoms with Crippen molar-refractivity contribution in [3.63, 3.8) is 0 Å². The minimum Gasteiger partial charge on any atom is -0.463 e. The van der Waals surface area contributed by atoms with E-state index >= 15 is 0 Å². The molecule has 0 aliphatic carbocycles. The van der Waals surface area contributed by atoms with Crippen molar-refractivity contribution in [1.29, 1.82) is 0 Å². The Bertz CT molecular complexity index is 533. The van der Waals surface area contributed by atoms with Crippen LogP contribution in [0.25, 0.3) is 11.5 Å². The molecule has 0 bridgehead atoms. The zero-order chi connectivity index (χ0) is 13.7. The average Bonchev–Trinajstić information content (AvgIpc) is 2.90. The Hall–Kier alpha value is -2.10. The quantitative estimate of drug-likeness (QED) is 0.897. The molecule has 0 saturated heterocycles. The van der Waals surface area contributed by atoms with Crippen LogP contribution in [0, 0.1) is 5.92 Å². The summed E-state index contributed by atoms with van der Waals surface area (Å²) in [5.41, 5.74) is 1.79. The second kappa shape index (κ2) is 6.18. The molecule has 0 aliphatic heterocycles. The number of rotatable bonds is 5. The number of hydrogen-bond acceptors (Lipinski definition) is 3. The second-order valence-corrected chi connectivity index (χ2v) is 4.90. The van der Waals surface area contributed by atoms with Crippen LogP contribution in [0.2, 0.25) is 0 Å². The molecule has 2 aromatic rings. The molecule has 0 fully saturated rings. The Morgan fingerprint density at radius 1 is 1.42 bits per heavy atom. The number of nitrogens with one attached hydrogen (secondary N) is 1. The number of hydrogen-bond donors (Lipinski definition) is 1. The summed E-state index contributed by atoms with van der Waals surface area (Å²) in [6.45, 7) is 4.57. The van der Waals surface area contributed by atoms with Crippen molar-refractivity contribution in [3.05, 3.63) is 42.3 Å². The average molecular weight is 258 g/mol. The maximum Gasteiger partial charge on any atom is 0.220 e. The van der Waals surface area contributed by atoms with Crippen molar-refractivity contribution < 1.29 is 9.21 Å². The fourth-order valence-electron chi connectivity index (χ4n) is 1.79. The zero-order valence-corrected chi connectivity index (χ0v) is 11.2. The molecular formula is C15H18N2O2. The van der Waals surface area contributed by atoms with Gasteiger partial charge in [-0.15, -0.1) is 0 Å². The van der Waals surface area contributed by atoms with E-state index in [4.69, 9.17) is 4.42 Å². The normalized spacial score (nSPS) is 10.7. The molecule has 0 radical (unpaired) electrons. The van der Waals surface area contributed by atoms with Gasteiger partial charge in [0.25, 0.3) is 0 Å². The molecule has 1 amide bonds. The lowest BCUT2D eigenvalue weighted by Gasteiger charge is -2.07. The lowest BCUT2D eigenvalue weighted by molar-refractivity contribution is -0.121. The number of nitrogens with zero attached hydrogens (tertiary/aromatic N) is 1. The summed E-state index contributed by atoms with van der Waals surface area (Å²) in [6.07, 6.45) is 3.89. The zero-order valence-electron chi connectivity index (χ0n) is 11.2. The highest BCUT2D eigenvalue weighted by molar-refractivity contribution is 5.76. The van der Waals surface area contributed by atoms with Crippen LogP contribution in [-0.2, 0) is 11.3 Å². The first-order valence-electron chi connectivity index (χ1n) is 6.40. The third-order valence-corrected chi connectivity index (χ3v) is 2.68. The maximum atomic E-state index is 11.6. The van der Waals surface area contributed by atoms with Gasteiger partial charge in [0.1, 0.15) is 5.69 Å². The molecule has 100 valence electrons. The Morgan fingerprint density at radius 2 is 2.26 bits per heavy atom. The number of amides is 1. The number of aromatic nitrogens is 1. The molecule has 0 unspecified atom stereocenters. The smallest absolute Gasteiger partial charge is 0.220 e. The van der Waals surface area contributed by atoms with Crippen LogP contribution in [0.15, 0.2) is 41.1 Å². The summed E-state index contributed by atoms with van der Waals surface area (Å²) >= 11 is 0. The summed E-state index contributed by atoms with van der Waals surface area (Å²) in [4.78, 5) is 15.8. The minimum atomic E-state index is 0.0753. The molecule has 0 saturated carbocycles. The first-order valence-corrected chi connectivity index (χ1v) is 6.40. The molecular weight excluding hydrogens is 240 g/mol. The van der Waals surface area contributed by atoms with Gasteiger partial charge in [-0.05, 0) is 35.7 Å². The first kappa shape index (κ1) is 13.3. The molecule has 0 atom stereocenters. The van der Waals surface area contributed by atoms with Crippen LogP contribution in [0.4, 0.5) is 0 Å². The van der Waals surface area contributed by atoms with Crippen molar-refractivity contribution >= 4 is 5.91 Å². The van der Waals surface area contributed by atoms with E-state index in [2.05, 4.69) is 10.3 Å². The standard InChI is InChI=1S/C15H18N2O2/c1-11(2)8-15(18)17-10-12-5-6-16-13(9-12)14-4-3-7-19-14/h3-7,9,11H,8,10H2,1-2H3,(H,17,18). The highest BCUT2D eigenvalue weighted by atomic mass is 16.3. The molecule has 19 heavy (non-hydrogen) atoms. The van der Waals surface area contributed by atoms with E-state index in [1.807, 2.05) is 38.1 Å². The Kier molecular flexibility index (Phi) is 4.34. The molecule has 2 heterocycles. The van der Waals surface area contributed by atoms with E-state index < -0.39 is 0 Å². The van der Waals surface area contributed by atoms with Crippen LogP contribution >= 0.6 is 0 Å². The molecule has 0 aromatic carbocycles. The highest BCUT2D eigenvalue weighted by Crippen LogP contribution is 2.17. The Morgan fingerprint density at radius 3 is 2.95 bits per heavy atom. The van der Waals surface area contributed by atoms with Gasteiger partial charge >= 0.3 is 0 Å². The molecule has 0 aliphatic rings. The Balaban J connectivity index is 1.98.